The molecule has 0 spiro atoms. The quantitative estimate of drug-likeness (QED) is 0.479. The molecule has 0 aromatic heterocycles. The lowest BCUT2D eigenvalue weighted by molar-refractivity contribution is -0.983. The molecule has 0 atom stereocenters. The van der Waals surface area contributed by atoms with Crippen molar-refractivity contribution >= 4 is 23.6 Å². The third kappa shape index (κ3) is 2.59. The molecule has 0 unspecified atom stereocenters. The first-order chi connectivity index (χ1) is 11.3. The standard InChI is InChI=1S/C16H18N2O6/c19-13-4-5-14(20)17(13,23)9-11-2-1-3-12(8-11)10-18(24)15(21)6-7-16(18)22/h1-3,8,23-24H,4-7,9-10H2/q+2. The van der Waals surface area contributed by atoms with E-state index in [2.05, 4.69) is 0 Å². The summed E-state index contributed by atoms with van der Waals surface area (Å²) >= 11 is 0. The molecule has 2 heterocycles. The lowest BCUT2D eigenvalue weighted by Crippen LogP contribution is -2.49. The van der Waals surface area contributed by atoms with Gasteiger partial charge in [0.2, 0.25) is 0 Å². The fourth-order valence-electron chi connectivity index (χ4n) is 3.15. The van der Waals surface area contributed by atoms with Gasteiger partial charge in [0.1, 0.15) is 0 Å². The van der Waals surface area contributed by atoms with Crippen molar-refractivity contribution in [1.29, 1.82) is 0 Å². The smallest absolute Gasteiger partial charge is 0.227 e. The summed E-state index contributed by atoms with van der Waals surface area (Å²) in [7, 11) is 0. The fraction of sp³-hybridized carbons (Fsp3) is 0.375. The molecule has 8 nitrogen and oxygen atoms in total. The molecule has 2 N–H and O–H groups in total. The summed E-state index contributed by atoms with van der Waals surface area (Å²) in [5.41, 5.74) is 1.01. The fourth-order valence-corrected chi connectivity index (χ4v) is 3.15. The topological polar surface area (TPSA) is 109 Å². The van der Waals surface area contributed by atoms with Crippen molar-refractivity contribution in [2.24, 2.45) is 0 Å². The zero-order chi connectivity index (χ0) is 17.5. The molecule has 0 bridgehead atoms. The number of imide groups is 2. The Hall–Kier alpha value is -2.26. The molecule has 24 heavy (non-hydrogen) atoms. The number of hydrogen-bond acceptors (Lipinski definition) is 6. The Bertz CT molecular complexity index is 665. The molecule has 2 aliphatic heterocycles. The predicted molar refractivity (Wildman–Crippen MR) is 76.4 cm³/mol. The summed E-state index contributed by atoms with van der Waals surface area (Å²) < 4.78 is -2.53. The predicted octanol–water partition coefficient (Wildman–Crippen LogP) is 0.793. The molecular formula is C16H18N2O6+2. The van der Waals surface area contributed by atoms with Crippen molar-refractivity contribution in [3.8, 4) is 0 Å². The maximum atomic E-state index is 11.8. The van der Waals surface area contributed by atoms with Crippen LogP contribution in [0.1, 0.15) is 36.8 Å². The van der Waals surface area contributed by atoms with Crippen molar-refractivity contribution < 1.29 is 38.9 Å². The number of likely N-dealkylation sites (tertiary alicyclic amines) is 2. The SMILES string of the molecule is O=C1CCC(=O)[N+]1(O)Cc1cccc(C[N+]2(O)C(=O)CCC2=O)c1. The molecular weight excluding hydrogens is 316 g/mol. The van der Waals surface area contributed by atoms with Crippen LogP contribution in [0.2, 0.25) is 0 Å². The van der Waals surface area contributed by atoms with E-state index in [1.807, 2.05) is 0 Å². The van der Waals surface area contributed by atoms with Crippen molar-refractivity contribution in [3.05, 3.63) is 35.4 Å². The van der Waals surface area contributed by atoms with Gasteiger partial charge in [-0.2, -0.15) is 0 Å². The Morgan fingerprint density at radius 1 is 0.708 bits per heavy atom. The third-order valence-electron chi connectivity index (χ3n) is 4.57. The largest absolute Gasteiger partial charge is 0.354 e. The molecule has 0 saturated carbocycles. The monoisotopic (exact) mass is 334 g/mol. The first-order valence-corrected chi connectivity index (χ1v) is 7.69. The van der Waals surface area contributed by atoms with Crippen LogP contribution in [-0.2, 0) is 32.3 Å². The molecule has 126 valence electrons. The number of hydrogen-bond donors (Lipinski definition) is 2. The van der Waals surface area contributed by atoms with Crippen molar-refractivity contribution in [3.63, 3.8) is 0 Å². The number of nitrogens with zero attached hydrogens (tertiary/aromatic N) is 2. The number of carbonyl (C=O) groups excluding carboxylic acids is 4. The Kier molecular flexibility index (Phi) is 3.92. The van der Waals surface area contributed by atoms with E-state index in [1.165, 1.54) is 0 Å². The van der Waals surface area contributed by atoms with E-state index < -0.39 is 32.9 Å². The number of amides is 4. The molecule has 1 aromatic carbocycles. The number of hydroxylamine groups is 6. The van der Waals surface area contributed by atoms with Gasteiger partial charge < -0.3 is 0 Å². The van der Waals surface area contributed by atoms with E-state index in [-0.39, 0.29) is 38.8 Å². The minimum absolute atomic E-state index is 0.00860. The minimum Gasteiger partial charge on any atom is -0.227 e. The highest BCUT2D eigenvalue weighted by molar-refractivity contribution is 5.91. The van der Waals surface area contributed by atoms with Gasteiger partial charge in [-0.25, -0.2) is 29.6 Å². The maximum absolute atomic E-state index is 11.8. The number of quaternary nitrogens is 2. The summed E-state index contributed by atoms with van der Waals surface area (Å²) in [4.78, 5) is 47.1. The zero-order valence-electron chi connectivity index (χ0n) is 13.0. The summed E-state index contributed by atoms with van der Waals surface area (Å²) in [5.74, 6) is -2.22. The van der Waals surface area contributed by atoms with E-state index >= 15 is 0 Å². The first kappa shape index (κ1) is 16.6. The Morgan fingerprint density at radius 2 is 1.04 bits per heavy atom. The van der Waals surface area contributed by atoms with Crippen LogP contribution in [0.5, 0.6) is 0 Å². The molecule has 0 radical (unpaired) electrons. The second kappa shape index (κ2) is 5.67. The van der Waals surface area contributed by atoms with Crippen LogP contribution in [0, 0.1) is 0 Å². The van der Waals surface area contributed by atoms with Crippen LogP contribution in [0.4, 0.5) is 0 Å². The second-order valence-corrected chi connectivity index (χ2v) is 6.25. The molecule has 1 aromatic rings. The summed E-state index contributed by atoms with van der Waals surface area (Å²) in [6.45, 7) is -0.419. The van der Waals surface area contributed by atoms with Gasteiger partial charge in [0.05, 0.1) is 25.7 Å². The lowest BCUT2D eigenvalue weighted by atomic mass is 10.1. The molecule has 0 aliphatic carbocycles. The van der Waals surface area contributed by atoms with Gasteiger partial charge in [-0.05, 0) is 6.07 Å². The summed E-state index contributed by atoms with van der Waals surface area (Å²) in [6, 6.07) is 6.46. The van der Waals surface area contributed by atoms with Gasteiger partial charge in [0.25, 0.3) is 0 Å². The molecule has 2 saturated heterocycles. The van der Waals surface area contributed by atoms with Crippen LogP contribution in [0.3, 0.4) is 0 Å². The van der Waals surface area contributed by atoms with Crippen LogP contribution < -0.4 is 0 Å². The molecule has 8 heteroatoms. The number of rotatable bonds is 4. The zero-order valence-corrected chi connectivity index (χ0v) is 13.0. The van der Waals surface area contributed by atoms with Gasteiger partial charge in [0.15, 0.2) is 13.1 Å². The number of benzene rings is 1. The van der Waals surface area contributed by atoms with Crippen LogP contribution >= 0.6 is 0 Å². The van der Waals surface area contributed by atoms with Crippen LogP contribution in [-0.4, -0.2) is 43.3 Å². The average molecular weight is 334 g/mol. The van der Waals surface area contributed by atoms with Gasteiger partial charge in [-0.1, -0.05) is 27.5 Å². The summed E-state index contributed by atoms with van der Waals surface area (Å²) in [5, 5.41) is 20.5. The molecule has 3 rings (SSSR count). The minimum atomic E-state index is -1.26. The molecule has 2 aliphatic rings. The third-order valence-corrected chi connectivity index (χ3v) is 4.57. The first-order valence-electron chi connectivity index (χ1n) is 7.69. The van der Waals surface area contributed by atoms with Gasteiger partial charge in [0, 0.05) is 11.1 Å². The van der Waals surface area contributed by atoms with E-state index in [0.717, 1.165) is 0 Å². The maximum Gasteiger partial charge on any atom is 0.354 e. The normalized spacial score (nSPS) is 22.4. The van der Waals surface area contributed by atoms with E-state index in [9.17, 15) is 29.6 Å². The van der Waals surface area contributed by atoms with Crippen molar-refractivity contribution in [2.75, 3.05) is 0 Å². The number of carbonyl (C=O) groups is 4. The Morgan fingerprint density at radius 3 is 1.38 bits per heavy atom. The van der Waals surface area contributed by atoms with Crippen LogP contribution in [0.25, 0.3) is 0 Å². The second-order valence-electron chi connectivity index (χ2n) is 6.25. The van der Waals surface area contributed by atoms with Gasteiger partial charge >= 0.3 is 23.6 Å². The van der Waals surface area contributed by atoms with Gasteiger partial charge in [-0.15, -0.1) is 0 Å². The Labute approximate surface area is 137 Å². The van der Waals surface area contributed by atoms with Gasteiger partial charge in [-0.3, -0.25) is 0 Å². The lowest BCUT2D eigenvalue weighted by Gasteiger charge is -2.21. The molecule has 4 amide bonds. The van der Waals surface area contributed by atoms with Crippen molar-refractivity contribution in [1.82, 2.24) is 0 Å². The summed E-state index contributed by atoms with van der Waals surface area (Å²) in [6.07, 6.45) is 0.0344. The van der Waals surface area contributed by atoms with E-state index in [1.54, 1.807) is 24.3 Å². The van der Waals surface area contributed by atoms with E-state index in [4.69, 9.17) is 0 Å². The van der Waals surface area contributed by atoms with Crippen LogP contribution in [0.15, 0.2) is 24.3 Å². The highest BCUT2D eigenvalue weighted by Crippen LogP contribution is 2.26. The highest BCUT2D eigenvalue weighted by atomic mass is 16.6. The molecule has 2 fully saturated rings. The highest BCUT2D eigenvalue weighted by Gasteiger charge is 2.51. The Balaban J connectivity index is 1.83. The van der Waals surface area contributed by atoms with E-state index in [0.29, 0.717) is 11.1 Å². The van der Waals surface area contributed by atoms with Crippen molar-refractivity contribution in [2.45, 2.75) is 38.8 Å². The average Bonchev–Trinajstić information content (AvgIpc) is 2.93.